The van der Waals surface area contributed by atoms with Crippen molar-refractivity contribution < 1.29 is 9.47 Å². The van der Waals surface area contributed by atoms with Gasteiger partial charge in [0.2, 0.25) is 0 Å². The Bertz CT molecular complexity index is 1380. The molecule has 2 aromatic carbocycles. The number of benzene rings is 2. The molecule has 1 N–H and O–H groups in total. The summed E-state index contributed by atoms with van der Waals surface area (Å²) in [6.07, 6.45) is 6.29. The lowest BCUT2D eigenvalue weighted by molar-refractivity contribution is 0.407. The SMILES string of the molecule is COc1cccc(CCn2cnc3sc4c(c3c2=O)CCC(NCCc2ccccc2OC)C4)c1. The fourth-order valence-corrected chi connectivity index (χ4v) is 6.19. The Hall–Kier alpha value is -3.16. The molecule has 0 saturated heterocycles. The zero-order chi connectivity index (χ0) is 24.2. The lowest BCUT2D eigenvalue weighted by atomic mass is 9.93. The zero-order valence-corrected chi connectivity index (χ0v) is 21.1. The van der Waals surface area contributed by atoms with E-state index in [4.69, 9.17) is 9.47 Å². The molecular weight excluding hydrogens is 458 g/mol. The van der Waals surface area contributed by atoms with E-state index >= 15 is 0 Å². The molecule has 1 atom stereocenters. The second-order valence-electron chi connectivity index (χ2n) is 8.98. The van der Waals surface area contributed by atoms with Crippen molar-refractivity contribution >= 4 is 21.6 Å². The Balaban J connectivity index is 1.26. The lowest BCUT2D eigenvalue weighted by Gasteiger charge is -2.23. The third-order valence-electron chi connectivity index (χ3n) is 6.83. The van der Waals surface area contributed by atoms with Crippen molar-refractivity contribution in [2.45, 2.75) is 44.7 Å². The second-order valence-corrected chi connectivity index (χ2v) is 10.1. The molecule has 1 unspecified atom stereocenters. The number of hydrogen-bond acceptors (Lipinski definition) is 6. The maximum absolute atomic E-state index is 13.4. The topological polar surface area (TPSA) is 65.4 Å². The van der Waals surface area contributed by atoms with Gasteiger partial charge in [-0.3, -0.25) is 9.36 Å². The maximum Gasteiger partial charge on any atom is 0.262 e. The van der Waals surface area contributed by atoms with Gasteiger partial charge in [-0.2, -0.15) is 0 Å². The highest BCUT2D eigenvalue weighted by molar-refractivity contribution is 7.18. The van der Waals surface area contributed by atoms with Gasteiger partial charge in [-0.05, 0) is 73.5 Å². The zero-order valence-electron chi connectivity index (χ0n) is 20.3. The molecule has 0 amide bonds. The summed E-state index contributed by atoms with van der Waals surface area (Å²) in [5.74, 6) is 1.78. The van der Waals surface area contributed by atoms with Crippen molar-refractivity contribution in [1.82, 2.24) is 14.9 Å². The van der Waals surface area contributed by atoms with Crippen LogP contribution in [0.2, 0.25) is 0 Å². The molecule has 0 aliphatic heterocycles. The van der Waals surface area contributed by atoms with Gasteiger partial charge in [-0.1, -0.05) is 30.3 Å². The van der Waals surface area contributed by atoms with Crippen molar-refractivity contribution in [3.63, 3.8) is 0 Å². The van der Waals surface area contributed by atoms with Gasteiger partial charge in [0, 0.05) is 17.5 Å². The largest absolute Gasteiger partial charge is 0.497 e. The summed E-state index contributed by atoms with van der Waals surface area (Å²) < 4.78 is 12.5. The van der Waals surface area contributed by atoms with Crippen LogP contribution in [0.15, 0.2) is 59.7 Å². The summed E-state index contributed by atoms with van der Waals surface area (Å²) in [5.41, 5.74) is 3.66. The van der Waals surface area contributed by atoms with Crippen LogP contribution in [-0.4, -0.2) is 36.4 Å². The fraction of sp³-hybridized carbons (Fsp3) is 0.357. The molecule has 0 saturated carbocycles. The minimum atomic E-state index is 0.0815. The number of thiophene rings is 1. The first-order valence-corrected chi connectivity index (χ1v) is 13.0. The first kappa shape index (κ1) is 23.6. The number of nitrogens with one attached hydrogen (secondary N) is 1. The smallest absolute Gasteiger partial charge is 0.262 e. The van der Waals surface area contributed by atoms with E-state index in [-0.39, 0.29) is 5.56 Å². The molecule has 0 spiro atoms. The molecule has 2 aromatic heterocycles. The molecular formula is C28H31N3O3S. The highest BCUT2D eigenvalue weighted by atomic mass is 32.1. The summed E-state index contributed by atoms with van der Waals surface area (Å²) in [5, 5.41) is 4.54. The van der Waals surface area contributed by atoms with E-state index in [9.17, 15) is 4.79 Å². The summed E-state index contributed by atoms with van der Waals surface area (Å²) in [4.78, 5) is 20.2. The molecule has 2 heterocycles. The highest BCUT2D eigenvalue weighted by Crippen LogP contribution is 2.33. The molecule has 4 aromatic rings. The Kier molecular flexibility index (Phi) is 7.16. The molecule has 7 heteroatoms. The Morgan fingerprint density at radius 3 is 2.86 bits per heavy atom. The first-order valence-electron chi connectivity index (χ1n) is 12.1. The standard InChI is InChI=1S/C28H31N3O3S/c1-33-22-8-5-6-19(16-22)13-15-31-18-30-27-26(28(31)32)23-11-10-21(17-25(23)35-27)29-14-12-20-7-3-4-9-24(20)34-2/h3-9,16,18,21,29H,10-15,17H2,1-2H3. The quantitative estimate of drug-likeness (QED) is 0.377. The molecule has 35 heavy (non-hydrogen) atoms. The van der Waals surface area contributed by atoms with Crippen molar-refractivity contribution in [3.05, 3.63) is 86.8 Å². The van der Waals surface area contributed by atoms with Crippen LogP contribution < -0.4 is 20.3 Å². The summed E-state index contributed by atoms with van der Waals surface area (Å²) >= 11 is 1.68. The van der Waals surface area contributed by atoms with Crippen LogP contribution in [0.4, 0.5) is 0 Å². The number of aryl methyl sites for hydroxylation is 3. The summed E-state index contributed by atoms with van der Waals surface area (Å²) in [6, 6.07) is 16.6. The van der Waals surface area contributed by atoms with Gasteiger partial charge in [0.15, 0.2) is 0 Å². The first-order chi connectivity index (χ1) is 17.2. The molecule has 1 aliphatic carbocycles. The van der Waals surface area contributed by atoms with E-state index < -0.39 is 0 Å². The van der Waals surface area contributed by atoms with Crippen LogP contribution >= 0.6 is 11.3 Å². The number of fused-ring (bicyclic) bond motifs is 3. The molecule has 6 nitrogen and oxygen atoms in total. The van der Waals surface area contributed by atoms with E-state index in [0.29, 0.717) is 12.6 Å². The van der Waals surface area contributed by atoms with Crippen molar-refractivity contribution in [2.75, 3.05) is 20.8 Å². The predicted molar refractivity (Wildman–Crippen MR) is 141 cm³/mol. The molecule has 0 fully saturated rings. The molecule has 5 rings (SSSR count). The molecule has 1 aliphatic rings. The maximum atomic E-state index is 13.4. The third-order valence-corrected chi connectivity index (χ3v) is 7.99. The van der Waals surface area contributed by atoms with Gasteiger partial charge in [0.1, 0.15) is 16.3 Å². The van der Waals surface area contributed by atoms with E-state index in [1.807, 2.05) is 30.3 Å². The van der Waals surface area contributed by atoms with Gasteiger partial charge >= 0.3 is 0 Å². The highest BCUT2D eigenvalue weighted by Gasteiger charge is 2.25. The Morgan fingerprint density at radius 1 is 1.11 bits per heavy atom. The Morgan fingerprint density at radius 2 is 2.00 bits per heavy atom. The van der Waals surface area contributed by atoms with Crippen molar-refractivity contribution in [1.29, 1.82) is 0 Å². The number of nitrogens with zero attached hydrogens (tertiary/aromatic N) is 2. The second kappa shape index (κ2) is 10.6. The van der Waals surface area contributed by atoms with Crippen LogP contribution in [0.25, 0.3) is 10.2 Å². The van der Waals surface area contributed by atoms with E-state index in [1.54, 1.807) is 36.5 Å². The number of ether oxygens (including phenoxy) is 2. The van der Waals surface area contributed by atoms with Crippen molar-refractivity contribution in [3.8, 4) is 11.5 Å². The Labute approximate surface area is 209 Å². The normalized spacial score (nSPS) is 15.2. The number of rotatable bonds is 9. The number of aromatic nitrogens is 2. The molecule has 0 radical (unpaired) electrons. The van der Waals surface area contributed by atoms with Crippen LogP contribution in [0.5, 0.6) is 11.5 Å². The average Bonchev–Trinajstić information content (AvgIpc) is 3.27. The number of methoxy groups -OCH3 is 2. The van der Waals surface area contributed by atoms with Crippen LogP contribution in [0.3, 0.4) is 0 Å². The minimum Gasteiger partial charge on any atom is -0.497 e. The van der Waals surface area contributed by atoms with Gasteiger partial charge in [-0.25, -0.2) is 4.98 Å². The van der Waals surface area contributed by atoms with Crippen LogP contribution in [0.1, 0.15) is 28.0 Å². The van der Waals surface area contributed by atoms with E-state index in [0.717, 1.165) is 65.9 Å². The molecule has 0 bridgehead atoms. The van der Waals surface area contributed by atoms with E-state index in [2.05, 4.69) is 28.5 Å². The number of para-hydroxylation sites is 1. The van der Waals surface area contributed by atoms with Crippen LogP contribution in [-0.2, 0) is 32.2 Å². The van der Waals surface area contributed by atoms with Gasteiger partial charge < -0.3 is 14.8 Å². The average molecular weight is 490 g/mol. The monoisotopic (exact) mass is 489 g/mol. The predicted octanol–water partition coefficient (Wildman–Crippen LogP) is 4.41. The summed E-state index contributed by atoms with van der Waals surface area (Å²) in [7, 11) is 3.39. The third kappa shape index (κ3) is 5.11. The summed E-state index contributed by atoms with van der Waals surface area (Å²) in [6.45, 7) is 1.51. The van der Waals surface area contributed by atoms with Gasteiger partial charge in [0.25, 0.3) is 5.56 Å². The fourth-order valence-electron chi connectivity index (χ4n) is 4.93. The molecule has 182 valence electrons. The van der Waals surface area contributed by atoms with Gasteiger partial charge in [-0.15, -0.1) is 11.3 Å². The minimum absolute atomic E-state index is 0.0815. The van der Waals surface area contributed by atoms with Crippen LogP contribution in [0, 0.1) is 0 Å². The lowest BCUT2D eigenvalue weighted by Crippen LogP contribution is -2.35. The van der Waals surface area contributed by atoms with E-state index in [1.165, 1.54) is 16.0 Å². The van der Waals surface area contributed by atoms with Crippen molar-refractivity contribution in [2.24, 2.45) is 0 Å². The number of hydrogen-bond donors (Lipinski definition) is 1. The van der Waals surface area contributed by atoms with Gasteiger partial charge in [0.05, 0.1) is 25.9 Å².